The highest BCUT2D eigenvalue weighted by Crippen LogP contribution is 2.46. The molecule has 0 saturated heterocycles. The zero-order chi connectivity index (χ0) is 16.3. The summed E-state index contributed by atoms with van der Waals surface area (Å²) in [6.07, 6.45) is 11.0. The van der Waals surface area contributed by atoms with Crippen LogP contribution in [0.1, 0.15) is 75.3 Å². The molecule has 124 valence electrons. The maximum Gasteiger partial charge on any atom is 0.235 e. The van der Waals surface area contributed by atoms with Gasteiger partial charge in [-0.3, -0.25) is 0 Å². The van der Waals surface area contributed by atoms with Crippen molar-refractivity contribution in [2.24, 2.45) is 10.9 Å². The minimum Gasteiger partial charge on any atom is -0.496 e. The molecule has 0 unspecified atom stereocenters. The van der Waals surface area contributed by atoms with E-state index in [1.807, 2.05) is 6.08 Å². The third-order valence-corrected chi connectivity index (χ3v) is 5.91. The van der Waals surface area contributed by atoms with Gasteiger partial charge in [-0.1, -0.05) is 38.7 Å². The van der Waals surface area contributed by atoms with Crippen LogP contribution in [-0.4, -0.2) is 13.2 Å². The number of carbonyl (C=O) groups excluding carboxylic acids is 1. The third kappa shape index (κ3) is 3.21. The van der Waals surface area contributed by atoms with Crippen LogP contribution >= 0.6 is 0 Å². The Morgan fingerprint density at radius 1 is 1.17 bits per heavy atom. The average Bonchev–Trinajstić information content (AvgIpc) is 3.05. The van der Waals surface area contributed by atoms with Gasteiger partial charge in [-0.05, 0) is 60.8 Å². The van der Waals surface area contributed by atoms with Crippen molar-refractivity contribution >= 4 is 6.08 Å². The van der Waals surface area contributed by atoms with Crippen LogP contribution in [0.4, 0.5) is 0 Å². The van der Waals surface area contributed by atoms with Crippen LogP contribution in [-0.2, 0) is 10.3 Å². The van der Waals surface area contributed by atoms with Gasteiger partial charge in [0.05, 0.1) is 12.6 Å². The molecule has 0 amide bonds. The molecule has 2 aliphatic carbocycles. The minimum atomic E-state index is -0.343. The molecule has 3 rings (SSSR count). The van der Waals surface area contributed by atoms with E-state index in [9.17, 15) is 4.79 Å². The summed E-state index contributed by atoms with van der Waals surface area (Å²) in [7, 11) is 1.75. The van der Waals surface area contributed by atoms with Gasteiger partial charge in [0.2, 0.25) is 6.08 Å². The number of isocyanates is 1. The summed E-state index contributed by atoms with van der Waals surface area (Å²) in [4.78, 5) is 15.2. The van der Waals surface area contributed by atoms with Crippen molar-refractivity contribution in [2.45, 2.75) is 69.7 Å². The molecular formula is C20H27NO2. The first kappa shape index (κ1) is 16.3. The first-order valence-corrected chi connectivity index (χ1v) is 8.96. The lowest BCUT2D eigenvalue weighted by Crippen LogP contribution is -2.20. The smallest absolute Gasteiger partial charge is 0.235 e. The van der Waals surface area contributed by atoms with Crippen molar-refractivity contribution in [1.82, 2.24) is 0 Å². The highest BCUT2D eigenvalue weighted by molar-refractivity contribution is 5.45. The summed E-state index contributed by atoms with van der Waals surface area (Å²) in [5, 5.41) is 0. The Kier molecular flexibility index (Phi) is 4.87. The molecule has 0 aromatic heterocycles. The first-order chi connectivity index (χ1) is 11.2. The summed E-state index contributed by atoms with van der Waals surface area (Å²) in [5.74, 6) is 2.39. The Bertz CT molecular complexity index is 590. The van der Waals surface area contributed by atoms with E-state index >= 15 is 0 Å². The topological polar surface area (TPSA) is 38.7 Å². The van der Waals surface area contributed by atoms with E-state index in [1.165, 1.54) is 36.8 Å². The van der Waals surface area contributed by atoms with Gasteiger partial charge in [0.15, 0.2) is 0 Å². The largest absolute Gasteiger partial charge is 0.496 e. The summed E-state index contributed by atoms with van der Waals surface area (Å²) in [6, 6.07) is 6.44. The third-order valence-electron chi connectivity index (χ3n) is 5.91. The molecule has 3 heteroatoms. The lowest BCUT2D eigenvalue weighted by atomic mass is 9.77. The van der Waals surface area contributed by atoms with E-state index < -0.39 is 0 Å². The Hall–Kier alpha value is -1.60. The van der Waals surface area contributed by atoms with Gasteiger partial charge in [0, 0.05) is 0 Å². The van der Waals surface area contributed by atoms with Gasteiger partial charge < -0.3 is 4.74 Å². The fraction of sp³-hybridized carbons (Fsp3) is 0.650. The zero-order valence-electron chi connectivity index (χ0n) is 14.3. The van der Waals surface area contributed by atoms with Crippen molar-refractivity contribution in [3.63, 3.8) is 0 Å². The van der Waals surface area contributed by atoms with Crippen LogP contribution < -0.4 is 4.74 Å². The Morgan fingerprint density at radius 2 is 1.87 bits per heavy atom. The maximum absolute atomic E-state index is 11.0. The van der Waals surface area contributed by atoms with E-state index in [-0.39, 0.29) is 5.54 Å². The molecule has 0 spiro atoms. The van der Waals surface area contributed by atoms with Crippen molar-refractivity contribution < 1.29 is 9.53 Å². The highest BCUT2D eigenvalue weighted by Gasteiger charge is 2.36. The molecule has 1 aromatic rings. The van der Waals surface area contributed by atoms with Crippen LogP contribution in [0.5, 0.6) is 5.75 Å². The number of hydrogen-bond acceptors (Lipinski definition) is 3. The zero-order valence-corrected chi connectivity index (χ0v) is 14.3. The number of ether oxygens (including phenoxy) is 1. The molecular weight excluding hydrogens is 286 g/mol. The SMILES string of the molecule is COc1ccc(C2(N=C=O)CCCC2)cc1C1CCC(C)CC1. The Labute approximate surface area is 139 Å². The molecule has 0 aliphatic heterocycles. The van der Waals surface area contributed by atoms with Crippen LogP contribution in [0.15, 0.2) is 23.2 Å². The molecule has 2 fully saturated rings. The Balaban J connectivity index is 1.97. The fourth-order valence-corrected chi connectivity index (χ4v) is 4.43. The number of nitrogens with zero attached hydrogens (tertiary/aromatic N) is 1. The lowest BCUT2D eigenvalue weighted by Gasteiger charge is -2.30. The standard InChI is InChI=1S/C20H27NO2/c1-15-5-7-16(8-6-15)18-13-17(9-10-19(18)23-2)20(21-14-22)11-3-4-12-20/h9-10,13,15-16H,3-8,11-12H2,1-2H3. The summed E-state index contributed by atoms with van der Waals surface area (Å²) < 4.78 is 5.63. The first-order valence-electron chi connectivity index (χ1n) is 8.96. The number of rotatable bonds is 4. The monoisotopic (exact) mass is 313 g/mol. The van der Waals surface area contributed by atoms with Crippen molar-refractivity contribution in [3.05, 3.63) is 29.3 Å². The number of hydrogen-bond donors (Lipinski definition) is 0. The maximum atomic E-state index is 11.0. The average molecular weight is 313 g/mol. The van der Waals surface area contributed by atoms with Gasteiger partial charge in [-0.2, -0.15) is 4.99 Å². The van der Waals surface area contributed by atoms with E-state index in [0.717, 1.165) is 37.4 Å². The van der Waals surface area contributed by atoms with E-state index in [0.29, 0.717) is 5.92 Å². The van der Waals surface area contributed by atoms with Gasteiger partial charge in [-0.15, -0.1) is 0 Å². The predicted octanol–water partition coefficient (Wildman–Crippen LogP) is 5.09. The number of methoxy groups -OCH3 is 1. The fourth-order valence-electron chi connectivity index (χ4n) is 4.43. The second-order valence-corrected chi connectivity index (χ2v) is 7.36. The molecule has 23 heavy (non-hydrogen) atoms. The van der Waals surface area contributed by atoms with Crippen molar-refractivity contribution in [1.29, 1.82) is 0 Å². The second-order valence-electron chi connectivity index (χ2n) is 7.36. The van der Waals surface area contributed by atoms with Crippen LogP contribution in [0.2, 0.25) is 0 Å². The lowest BCUT2D eigenvalue weighted by molar-refractivity contribution is 0.335. The van der Waals surface area contributed by atoms with Crippen molar-refractivity contribution in [2.75, 3.05) is 7.11 Å². The Morgan fingerprint density at radius 3 is 2.48 bits per heavy atom. The molecule has 0 radical (unpaired) electrons. The van der Waals surface area contributed by atoms with Crippen LogP contribution in [0.25, 0.3) is 0 Å². The summed E-state index contributed by atoms with van der Waals surface area (Å²) in [5.41, 5.74) is 2.14. The molecule has 0 bridgehead atoms. The van der Waals surface area contributed by atoms with Crippen LogP contribution in [0.3, 0.4) is 0 Å². The molecule has 0 atom stereocenters. The number of aliphatic imine (C=N–C) groups is 1. The molecule has 3 nitrogen and oxygen atoms in total. The molecule has 2 aliphatic rings. The molecule has 1 aromatic carbocycles. The minimum absolute atomic E-state index is 0.343. The van der Waals surface area contributed by atoms with Gasteiger partial charge in [-0.25, -0.2) is 4.79 Å². The number of benzene rings is 1. The van der Waals surface area contributed by atoms with Crippen LogP contribution in [0, 0.1) is 5.92 Å². The van der Waals surface area contributed by atoms with E-state index in [4.69, 9.17) is 4.74 Å². The highest BCUT2D eigenvalue weighted by atomic mass is 16.5. The predicted molar refractivity (Wildman–Crippen MR) is 91.6 cm³/mol. The van der Waals surface area contributed by atoms with Gasteiger partial charge in [0.25, 0.3) is 0 Å². The van der Waals surface area contributed by atoms with E-state index in [1.54, 1.807) is 7.11 Å². The summed E-state index contributed by atoms with van der Waals surface area (Å²) >= 11 is 0. The van der Waals surface area contributed by atoms with Crippen molar-refractivity contribution in [3.8, 4) is 5.75 Å². The second kappa shape index (κ2) is 6.88. The van der Waals surface area contributed by atoms with E-state index in [2.05, 4.69) is 30.1 Å². The summed E-state index contributed by atoms with van der Waals surface area (Å²) in [6.45, 7) is 2.34. The molecule has 0 heterocycles. The molecule has 2 saturated carbocycles. The normalized spacial score (nSPS) is 26.5. The van der Waals surface area contributed by atoms with Gasteiger partial charge in [0.1, 0.15) is 5.75 Å². The quantitative estimate of drug-likeness (QED) is 0.573. The molecule has 0 N–H and O–H groups in total. The van der Waals surface area contributed by atoms with Gasteiger partial charge >= 0.3 is 0 Å².